The zero-order valence-electron chi connectivity index (χ0n) is 18.1. The zero-order chi connectivity index (χ0) is 22.6. The first-order chi connectivity index (χ1) is 14.7. The predicted octanol–water partition coefficient (Wildman–Crippen LogP) is 1.93. The highest BCUT2D eigenvalue weighted by molar-refractivity contribution is 7.89. The van der Waals surface area contributed by atoms with Gasteiger partial charge in [-0.15, -0.1) is 0 Å². The van der Waals surface area contributed by atoms with Crippen LogP contribution in [0.15, 0.2) is 53.4 Å². The average molecular weight is 448 g/mol. The number of hydrogen-bond donors (Lipinski definition) is 1. The maximum Gasteiger partial charge on any atom is 0.289 e. The number of rotatable bonds is 8. The van der Waals surface area contributed by atoms with E-state index in [-0.39, 0.29) is 17.5 Å². The van der Waals surface area contributed by atoms with Gasteiger partial charge in [-0.2, -0.15) is 0 Å². The van der Waals surface area contributed by atoms with Gasteiger partial charge in [0.15, 0.2) is 4.90 Å². The Balaban J connectivity index is 1.85. The molecule has 2 aromatic carbocycles. The van der Waals surface area contributed by atoms with Gasteiger partial charge in [0.1, 0.15) is 0 Å². The van der Waals surface area contributed by atoms with E-state index in [4.69, 9.17) is 0 Å². The molecule has 0 radical (unpaired) electrons. The fraction of sp³-hybridized carbons (Fsp3) is 0.429. The van der Waals surface area contributed by atoms with Crippen LogP contribution in [0.25, 0.3) is 0 Å². The first kappa shape index (κ1) is 23.1. The number of nitro benzene ring substituents is 1. The molecule has 168 valence electrons. The number of para-hydroxylation sites is 1. The van der Waals surface area contributed by atoms with E-state index in [1.54, 1.807) is 0 Å². The minimum absolute atomic E-state index is 0.124. The highest BCUT2D eigenvalue weighted by atomic mass is 32.2. The maximum absolute atomic E-state index is 12.9. The number of hydrogen-bond acceptors (Lipinski definition) is 7. The van der Waals surface area contributed by atoms with Crippen LogP contribution in [-0.2, 0) is 10.0 Å². The summed E-state index contributed by atoms with van der Waals surface area (Å²) in [6, 6.07) is 13.3. The fourth-order valence-corrected chi connectivity index (χ4v) is 4.90. The standard InChI is InChI=1S/C21H29N5O4S/c1-23(2)18-10-8-17(9-11-18)20(25-14-12-24(3)13-15-25)16-22-31(29,30)21-7-5-4-6-19(21)26(27)28/h4-11,20,22H,12-16H2,1-3H3/t20-/m0/s1. The highest BCUT2D eigenvalue weighted by Crippen LogP contribution is 2.26. The van der Waals surface area contributed by atoms with Gasteiger partial charge in [-0.1, -0.05) is 24.3 Å². The van der Waals surface area contributed by atoms with Gasteiger partial charge in [0.2, 0.25) is 10.0 Å². The van der Waals surface area contributed by atoms with Crippen molar-refractivity contribution in [1.29, 1.82) is 0 Å². The quantitative estimate of drug-likeness (QED) is 0.488. The summed E-state index contributed by atoms with van der Waals surface area (Å²) in [5.41, 5.74) is 1.63. The molecule has 1 aliphatic heterocycles. The Kier molecular flexibility index (Phi) is 7.26. The maximum atomic E-state index is 12.9. The third-order valence-corrected chi connectivity index (χ3v) is 7.06. The third kappa shape index (κ3) is 5.59. The molecule has 1 fully saturated rings. The number of sulfonamides is 1. The van der Waals surface area contributed by atoms with Crippen molar-refractivity contribution >= 4 is 21.4 Å². The summed E-state index contributed by atoms with van der Waals surface area (Å²) >= 11 is 0. The predicted molar refractivity (Wildman–Crippen MR) is 121 cm³/mol. The lowest BCUT2D eigenvalue weighted by Gasteiger charge is -2.38. The molecule has 0 unspecified atom stereocenters. The van der Waals surface area contributed by atoms with Crippen molar-refractivity contribution in [2.45, 2.75) is 10.9 Å². The second-order valence-corrected chi connectivity index (χ2v) is 9.65. The minimum Gasteiger partial charge on any atom is -0.378 e. The Bertz CT molecular complexity index is 1000. The van der Waals surface area contributed by atoms with Crippen LogP contribution in [0.4, 0.5) is 11.4 Å². The van der Waals surface area contributed by atoms with E-state index < -0.39 is 20.6 Å². The van der Waals surface area contributed by atoms with Crippen LogP contribution in [0, 0.1) is 10.1 Å². The summed E-state index contributed by atoms with van der Waals surface area (Å²) in [4.78, 5) is 16.8. The van der Waals surface area contributed by atoms with Gasteiger partial charge in [0, 0.05) is 64.6 Å². The van der Waals surface area contributed by atoms with Crippen LogP contribution in [0.1, 0.15) is 11.6 Å². The van der Waals surface area contributed by atoms with Crippen LogP contribution in [0.2, 0.25) is 0 Å². The first-order valence-corrected chi connectivity index (χ1v) is 11.6. The van der Waals surface area contributed by atoms with Crippen molar-refractivity contribution in [3.8, 4) is 0 Å². The van der Waals surface area contributed by atoms with Gasteiger partial charge in [0.25, 0.3) is 5.69 Å². The van der Waals surface area contributed by atoms with E-state index in [0.29, 0.717) is 0 Å². The van der Waals surface area contributed by atoms with E-state index in [9.17, 15) is 18.5 Å². The molecule has 0 spiro atoms. The largest absolute Gasteiger partial charge is 0.378 e. The molecular weight excluding hydrogens is 418 g/mol. The molecule has 10 heteroatoms. The molecule has 0 bridgehead atoms. The molecule has 0 saturated carbocycles. The van der Waals surface area contributed by atoms with E-state index in [1.165, 1.54) is 24.3 Å². The number of benzene rings is 2. The van der Waals surface area contributed by atoms with Gasteiger partial charge >= 0.3 is 0 Å². The molecule has 0 aliphatic carbocycles. The first-order valence-electron chi connectivity index (χ1n) is 10.1. The summed E-state index contributed by atoms with van der Waals surface area (Å²) in [5.74, 6) is 0. The van der Waals surface area contributed by atoms with Gasteiger partial charge < -0.3 is 9.80 Å². The zero-order valence-corrected chi connectivity index (χ0v) is 18.9. The van der Waals surface area contributed by atoms with Crippen molar-refractivity contribution in [3.05, 3.63) is 64.2 Å². The number of nitrogens with zero attached hydrogens (tertiary/aromatic N) is 4. The minimum atomic E-state index is -4.05. The SMILES string of the molecule is CN1CCN([C@@H](CNS(=O)(=O)c2ccccc2[N+](=O)[O-])c2ccc(N(C)C)cc2)CC1. The van der Waals surface area contributed by atoms with Gasteiger partial charge in [0.05, 0.1) is 4.92 Å². The van der Waals surface area contributed by atoms with E-state index in [2.05, 4.69) is 21.6 Å². The van der Waals surface area contributed by atoms with E-state index >= 15 is 0 Å². The molecule has 1 aliphatic rings. The topological polar surface area (TPSA) is 99.0 Å². The summed E-state index contributed by atoms with van der Waals surface area (Å²) in [6.07, 6.45) is 0. The summed E-state index contributed by atoms with van der Waals surface area (Å²) < 4.78 is 28.5. The number of anilines is 1. The average Bonchev–Trinajstić information content (AvgIpc) is 2.75. The van der Waals surface area contributed by atoms with Crippen LogP contribution in [-0.4, -0.2) is 77.0 Å². The molecule has 1 N–H and O–H groups in total. The Morgan fingerprint density at radius 1 is 1.06 bits per heavy atom. The molecular formula is C21H29N5O4S. The van der Waals surface area contributed by atoms with Gasteiger partial charge in [-0.05, 0) is 30.8 Å². The van der Waals surface area contributed by atoms with Crippen LogP contribution < -0.4 is 9.62 Å². The lowest BCUT2D eigenvalue weighted by atomic mass is 10.0. The molecule has 3 rings (SSSR count). The van der Waals surface area contributed by atoms with E-state index in [1.807, 2.05) is 43.3 Å². The fourth-order valence-electron chi connectivity index (χ4n) is 3.69. The molecule has 1 atom stereocenters. The number of likely N-dealkylation sites (N-methyl/N-ethyl adjacent to an activating group) is 1. The van der Waals surface area contributed by atoms with Crippen LogP contribution in [0.5, 0.6) is 0 Å². The van der Waals surface area contributed by atoms with E-state index in [0.717, 1.165) is 37.4 Å². The number of nitrogens with one attached hydrogen (secondary N) is 1. The lowest BCUT2D eigenvalue weighted by molar-refractivity contribution is -0.387. The Hall–Kier alpha value is -2.53. The summed E-state index contributed by atoms with van der Waals surface area (Å²) in [6.45, 7) is 3.53. The van der Waals surface area contributed by atoms with Gasteiger partial charge in [-0.3, -0.25) is 15.0 Å². The van der Waals surface area contributed by atoms with Crippen molar-refractivity contribution in [1.82, 2.24) is 14.5 Å². The molecule has 1 saturated heterocycles. The normalized spacial score (nSPS) is 16.7. The highest BCUT2D eigenvalue weighted by Gasteiger charge is 2.29. The molecule has 1 heterocycles. The second-order valence-electron chi connectivity index (χ2n) is 7.92. The van der Waals surface area contributed by atoms with Crippen molar-refractivity contribution in [2.75, 3.05) is 58.8 Å². The Labute approximate surface area is 183 Å². The lowest BCUT2D eigenvalue weighted by Crippen LogP contribution is -2.48. The third-order valence-electron chi connectivity index (χ3n) is 5.59. The van der Waals surface area contributed by atoms with Gasteiger partial charge in [-0.25, -0.2) is 13.1 Å². The smallest absolute Gasteiger partial charge is 0.289 e. The van der Waals surface area contributed by atoms with Crippen molar-refractivity contribution < 1.29 is 13.3 Å². The molecule has 31 heavy (non-hydrogen) atoms. The molecule has 2 aromatic rings. The summed E-state index contributed by atoms with van der Waals surface area (Å²) in [7, 11) is 1.95. The van der Waals surface area contributed by atoms with Crippen LogP contribution >= 0.6 is 0 Å². The Morgan fingerprint density at radius 3 is 2.26 bits per heavy atom. The van der Waals surface area contributed by atoms with Crippen LogP contribution in [0.3, 0.4) is 0 Å². The monoisotopic (exact) mass is 447 g/mol. The molecule has 0 aromatic heterocycles. The van der Waals surface area contributed by atoms with Crippen molar-refractivity contribution in [2.24, 2.45) is 0 Å². The van der Waals surface area contributed by atoms with Crippen molar-refractivity contribution in [3.63, 3.8) is 0 Å². The molecule has 9 nitrogen and oxygen atoms in total. The molecule has 0 amide bonds. The Morgan fingerprint density at radius 2 is 1.68 bits per heavy atom. The number of nitro groups is 1. The summed E-state index contributed by atoms with van der Waals surface area (Å²) in [5, 5.41) is 11.3. The number of piperazine rings is 1. The second kappa shape index (κ2) is 9.73.